The Bertz CT molecular complexity index is 782. The van der Waals surface area contributed by atoms with Gasteiger partial charge >= 0.3 is 0 Å². The Balaban J connectivity index is 1.48. The van der Waals surface area contributed by atoms with Gasteiger partial charge in [0.05, 0.1) is 18.8 Å². The first-order valence-corrected chi connectivity index (χ1v) is 9.36. The molecule has 1 fully saturated rings. The van der Waals surface area contributed by atoms with Crippen LogP contribution in [0.2, 0.25) is 0 Å². The molecule has 4 rings (SSSR count). The molecule has 0 saturated carbocycles. The van der Waals surface area contributed by atoms with E-state index in [1.54, 1.807) is 6.20 Å². The summed E-state index contributed by atoms with van der Waals surface area (Å²) in [5.74, 6) is 0.840. The Morgan fingerprint density at radius 3 is 3.12 bits per heavy atom. The summed E-state index contributed by atoms with van der Waals surface area (Å²) in [6.45, 7) is 5.02. The summed E-state index contributed by atoms with van der Waals surface area (Å²) >= 11 is 0. The SMILES string of the molecule is CCN1CCO[C@@H](CNC(=O)c2n[nH]c3c2CCC3)[C@@H]1c1nccn1C. The highest BCUT2D eigenvalue weighted by Crippen LogP contribution is 2.28. The lowest BCUT2D eigenvalue weighted by molar-refractivity contribution is -0.0720. The molecule has 26 heavy (non-hydrogen) atoms. The molecule has 0 aromatic carbocycles. The number of hydrogen-bond donors (Lipinski definition) is 2. The molecular formula is C18H26N6O2. The van der Waals surface area contributed by atoms with Gasteiger partial charge in [-0.1, -0.05) is 6.92 Å². The fraction of sp³-hybridized carbons (Fsp3) is 0.611. The number of imidazole rings is 1. The van der Waals surface area contributed by atoms with E-state index in [9.17, 15) is 4.79 Å². The second-order valence-corrected chi connectivity index (χ2v) is 6.97. The van der Waals surface area contributed by atoms with E-state index in [4.69, 9.17) is 4.74 Å². The monoisotopic (exact) mass is 358 g/mol. The molecule has 2 atom stereocenters. The number of carbonyl (C=O) groups excluding carboxylic acids is 1. The van der Waals surface area contributed by atoms with Crippen LogP contribution in [0.3, 0.4) is 0 Å². The van der Waals surface area contributed by atoms with Gasteiger partial charge in [0, 0.05) is 43.8 Å². The first-order valence-electron chi connectivity index (χ1n) is 9.36. The van der Waals surface area contributed by atoms with Gasteiger partial charge in [0.25, 0.3) is 5.91 Å². The maximum Gasteiger partial charge on any atom is 0.272 e. The van der Waals surface area contributed by atoms with Gasteiger partial charge in [-0.05, 0) is 25.8 Å². The number of fused-ring (bicyclic) bond motifs is 1. The third-order valence-corrected chi connectivity index (χ3v) is 5.47. The number of rotatable bonds is 5. The topological polar surface area (TPSA) is 88.1 Å². The van der Waals surface area contributed by atoms with Crippen molar-refractivity contribution in [1.29, 1.82) is 0 Å². The molecule has 1 aliphatic heterocycles. The molecule has 0 radical (unpaired) electrons. The molecule has 0 spiro atoms. The number of aryl methyl sites for hydroxylation is 2. The molecule has 1 amide bonds. The van der Waals surface area contributed by atoms with Crippen LogP contribution in [0.25, 0.3) is 0 Å². The molecule has 0 bridgehead atoms. The molecule has 8 heteroatoms. The molecule has 8 nitrogen and oxygen atoms in total. The van der Waals surface area contributed by atoms with Crippen molar-refractivity contribution in [2.24, 2.45) is 7.05 Å². The van der Waals surface area contributed by atoms with Gasteiger partial charge < -0.3 is 14.6 Å². The van der Waals surface area contributed by atoms with Crippen molar-refractivity contribution in [3.05, 3.63) is 35.2 Å². The predicted octanol–water partition coefficient (Wildman–Crippen LogP) is 0.824. The minimum absolute atomic E-state index is 0.0268. The first-order chi connectivity index (χ1) is 12.7. The Morgan fingerprint density at radius 1 is 1.46 bits per heavy atom. The number of nitrogens with one attached hydrogen (secondary N) is 2. The summed E-state index contributed by atoms with van der Waals surface area (Å²) < 4.78 is 8.05. The van der Waals surface area contributed by atoms with Crippen LogP contribution in [0.5, 0.6) is 0 Å². The summed E-state index contributed by atoms with van der Waals surface area (Å²) in [6, 6.07) is 0.0268. The lowest BCUT2D eigenvalue weighted by atomic mass is 10.1. The van der Waals surface area contributed by atoms with Gasteiger partial charge in [-0.2, -0.15) is 5.10 Å². The smallest absolute Gasteiger partial charge is 0.272 e. The van der Waals surface area contributed by atoms with Crippen LogP contribution < -0.4 is 5.32 Å². The average molecular weight is 358 g/mol. The maximum atomic E-state index is 12.6. The number of aromatic nitrogens is 4. The first kappa shape index (κ1) is 17.2. The molecule has 2 aromatic heterocycles. The van der Waals surface area contributed by atoms with Crippen molar-refractivity contribution < 1.29 is 9.53 Å². The molecule has 2 N–H and O–H groups in total. The van der Waals surface area contributed by atoms with Crippen molar-refractivity contribution in [3.63, 3.8) is 0 Å². The molecule has 1 saturated heterocycles. The lowest BCUT2D eigenvalue weighted by Crippen LogP contribution is -2.50. The molecule has 140 valence electrons. The van der Waals surface area contributed by atoms with E-state index in [1.165, 1.54) is 0 Å². The Morgan fingerprint density at radius 2 is 2.35 bits per heavy atom. The predicted molar refractivity (Wildman–Crippen MR) is 95.9 cm³/mol. The highest BCUT2D eigenvalue weighted by molar-refractivity contribution is 5.94. The second-order valence-electron chi connectivity index (χ2n) is 6.97. The molecule has 2 aromatic rings. The van der Waals surface area contributed by atoms with Crippen molar-refractivity contribution in [2.75, 3.05) is 26.2 Å². The Kier molecular flexibility index (Phi) is 4.78. The van der Waals surface area contributed by atoms with Crippen LogP contribution in [0.15, 0.2) is 12.4 Å². The van der Waals surface area contributed by atoms with E-state index >= 15 is 0 Å². The summed E-state index contributed by atoms with van der Waals surface area (Å²) in [5.41, 5.74) is 2.71. The summed E-state index contributed by atoms with van der Waals surface area (Å²) in [4.78, 5) is 19.5. The zero-order chi connectivity index (χ0) is 18.1. The van der Waals surface area contributed by atoms with E-state index in [0.29, 0.717) is 18.8 Å². The fourth-order valence-electron chi connectivity index (χ4n) is 4.09. The highest BCUT2D eigenvalue weighted by atomic mass is 16.5. The molecule has 0 unspecified atom stereocenters. The van der Waals surface area contributed by atoms with Crippen molar-refractivity contribution >= 4 is 5.91 Å². The van der Waals surface area contributed by atoms with E-state index in [2.05, 4.69) is 32.3 Å². The molecule has 1 aliphatic carbocycles. The molecule has 2 aliphatic rings. The van der Waals surface area contributed by atoms with Gasteiger partial charge in [-0.25, -0.2) is 4.98 Å². The Labute approximate surface area is 152 Å². The number of amides is 1. The van der Waals surface area contributed by atoms with Crippen LogP contribution in [0.4, 0.5) is 0 Å². The standard InChI is InChI=1S/C18H26N6O2/c1-3-24-9-10-26-14(16(24)17-19-7-8-23(17)2)11-20-18(25)15-12-5-4-6-13(12)21-22-15/h7-8,14,16H,3-6,9-11H2,1-2H3,(H,20,25)(H,21,22)/t14-,16+/m0/s1. The number of nitrogens with zero attached hydrogens (tertiary/aromatic N) is 4. The fourth-order valence-corrected chi connectivity index (χ4v) is 4.09. The number of morpholine rings is 1. The van der Waals surface area contributed by atoms with Gasteiger partial charge in [0.1, 0.15) is 5.82 Å². The second kappa shape index (κ2) is 7.20. The van der Waals surface area contributed by atoms with E-state index < -0.39 is 0 Å². The summed E-state index contributed by atoms with van der Waals surface area (Å²) in [5, 5.41) is 10.2. The number of aromatic amines is 1. The number of ether oxygens (including phenoxy) is 1. The minimum atomic E-state index is -0.138. The van der Waals surface area contributed by atoms with E-state index in [-0.39, 0.29) is 18.1 Å². The molecular weight excluding hydrogens is 332 g/mol. The van der Waals surface area contributed by atoms with Crippen LogP contribution in [-0.2, 0) is 24.6 Å². The van der Waals surface area contributed by atoms with Crippen LogP contribution in [0, 0.1) is 0 Å². The largest absolute Gasteiger partial charge is 0.373 e. The summed E-state index contributed by atoms with van der Waals surface area (Å²) in [7, 11) is 1.99. The van der Waals surface area contributed by atoms with Crippen LogP contribution in [-0.4, -0.2) is 62.9 Å². The number of carbonyl (C=O) groups is 1. The third-order valence-electron chi connectivity index (χ3n) is 5.47. The Hall–Kier alpha value is -2.19. The third kappa shape index (κ3) is 3.03. The normalized spacial score (nSPS) is 23.2. The van der Waals surface area contributed by atoms with Crippen molar-refractivity contribution in [3.8, 4) is 0 Å². The number of hydrogen-bond acceptors (Lipinski definition) is 5. The maximum absolute atomic E-state index is 12.6. The highest BCUT2D eigenvalue weighted by Gasteiger charge is 2.36. The number of likely N-dealkylation sites (N-methyl/N-ethyl adjacent to an activating group) is 1. The van der Waals surface area contributed by atoms with Gasteiger partial charge in [0.2, 0.25) is 0 Å². The van der Waals surface area contributed by atoms with E-state index in [1.807, 2.05) is 17.8 Å². The number of H-pyrrole nitrogens is 1. The zero-order valence-corrected chi connectivity index (χ0v) is 15.4. The van der Waals surface area contributed by atoms with Gasteiger partial charge in [-0.3, -0.25) is 14.8 Å². The van der Waals surface area contributed by atoms with Crippen LogP contribution >= 0.6 is 0 Å². The quantitative estimate of drug-likeness (QED) is 0.826. The average Bonchev–Trinajstić information content (AvgIpc) is 3.36. The van der Waals surface area contributed by atoms with E-state index in [0.717, 1.165) is 49.4 Å². The minimum Gasteiger partial charge on any atom is -0.373 e. The summed E-state index contributed by atoms with van der Waals surface area (Å²) in [6.07, 6.45) is 6.60. The van der Waals surface area contributed by atoms with Gasteiger partial charge in [-0.15, -0.1) is 0 Å². The van der Waals surface area contributed by atoms with Crippen molar-refractivity contribution in [1.82, 2.24) is 30.0 Å². The van der Waals surface area contributed by atoms with Gasteiger partial charge in [0.15, 0.2) is 5.69 Å². The lowest BCUT2D eigenvalue weighted by Gasteiger charge is -2.40. The van der Waals surface area contributed by atoms with Crippen LogP contribution in [0.1, 0.15) is 47.0 Å². The zero-order valence-electron chi connectivity index (χ0n) is 15.4. The molecule has 3 heterocycles. The van der Waals surface area contributed by atoms with Crippen molar-refractivity contribution in [2.45, 2.75) is 38.3 Å².